The molecule has 6 nitrogen and oxygen atoms in total. The quantitative estimate of drug-likeness (QED) is 0.616. The van der Waals surface area contributed by atoms with E-state index in [0.29, 0.717) is 35.2 Å². The first-order chi connectivity index (χ1) is 13.9. The third kappa shape index (κ3) is 5.62. The van der Waals surface area contributed by atoms with E-state index in [2.05, 4.69) is 10.3 Å². The molecule has 0 bridgehead atoms. The van der Waals surface area contributed by atoms with Gasteiger partial charge >= 0.3 is 0 Å². The zero-order valence-corrected chi connectivity index (χ0v) is 17.7. The number of rotatable bonds is 8. The van der Waals surface area contributed by atoms with Crippen LogP contribution >= 0.6 is 0 Å². The summed E-state index contributed by atoms with van der Waals surface area (Å²) >= 11 is 0. The second-order valence-corrected chi connectivity index (χ2v) is 8.41. The number of likely N-dealkylation sites (N-methyl/N-ethyl adjacent to an activating group) is 1. The number of aryl methyl sites for hydroxylation is 1. The van der Waals surface area contributed by atoms with Gasteiger partial charge in [-0.05, 0) is 57.4 Å². The molecule has 7 heteroatoms. The molecule has 0 saturated carbocycles. The van der Waals surface area contributed by atoms with Crippen LogP contribution in [-0.4, -0.2) is 47.2 Å². The van der Waals surface area contributed by atoms with Gasteiger partial charge in [-0.3, -0.25) is 9.00 Å². The molecule has 1 atom stereocenters. The molecule has 1 amide bonds. The summed E-state index contributed by atoms with van der Waals surface area (Å²) in [5.74, 6) is 1.30. The minimum Gasteiger partial charge on any atom is -0.441 e. The molecule has 0 spiro atoms. The van der Waals surface area contributed by atoms with E-state index in [4.69, 9.17) is 4.42 Å². The first-order valence-corrected chi connectivity index (χ1v) is 10.7. The van der Waals surface area contributed by atoms with Crippen molar-refractivity contribution in [3.63, 3.8) is 0 Å². The number of nitrogens with one attached hydrogen (secondary N) is 1. The lowest BCUT2D eigenvalue weighted by atomic mass is 10.1. The van der Waals surface area contributed by atoms with Crippen molar-refractivity contribution in [1.82, 2.24) is 15.2 Å². The van der Waals surface area contributed by atoms with Crippen LogP contribution in [0.1, 0.15) is 21.8 Å². The summed E-state index contributed by atoms with van der Waals surface area (Å²) in [5, 5.41) is 2.89. The molecule has 0 aliphatic heterocycles. The Kier molecular flexibility index (Phi) is 6.95. The van der Waals surface area contributed by atoms with Gasteiger partial charge in [0.1, 0.15) is 5.76 Å². The van der Waals surface area contributed by atoms with E-state index in [1.807, 2.05) is 68.4 Å². The maximum absolute atomic E-state index is 12.5. The number of amides is 1. The Balaban J connectivity index is 1.67. The van der Waals surface area contributed by atoms with Crippen LogP contribution in [0.15, 0.2) is 63.9 Å². The average Bonchev–Trinajstić information content (AvgIpc) is 3.08. The van der Waals surface area contributed by atoms with Crippen molar-refractivity contribution in [3.05, 3.63) is 71.6 Å². The number of benzene rings is 2. The molecule has 0 aliphatic rings. The summed E-state index contributed by atoms with van der Waals surface area (Å²) in [4.78, 5) is 19.5. The van der Waals surface area contributed by atoms with Crippen LogP contribution in [0.4, 0.5) is 0 Å². The first kappa shape index (κ1) is 21.0. The van der Waals surface area contributed by atoms with Gasteiger partial charge in [0.25, 0.3) is 5.91 Å². The molecular weight excluding hydrogens is 386 g/mol. The van der Waals surface area contributed by atoms with Crippen LogP contribution in [0, 0.1) is 6.92 Å². The summed E-state index contributed by atoms with van der Waals surface area (Å²) in [6, 6.07) is 16.4. The lowest BCUT2D eigenvalue weighted by molar-refractivity contribution is 0.0951. The molecule has 1 aromatic heterocycles. The molecule has 3 rings (SSSR count). The molecule has 0 fully saturated rings. The standard InChI is InChI=1S/C22H25N3O3S/c1-16-20(15-29(27)19-7-5-4-6-8-19)24-22(28-16)18-11-9-17(10-12-18)21(26)23-13-14-25(2)3/h4-12H,13-15H2,1-3H3,(H,23,26). The molecule has 1 N–H and O–H groups in total. The van der Waals surface area contributed by atoms with E-state index in [9.17, 15) is 9.00 Å². The number of aromatic nitrogens is 1. The molecule has 0 aliphatic carbocycles. The molecule has 2 aromatic carbocycles. The highest BCUT2D eigenvalue weighted by Gasteiger charge is 2.15. The van der Waals surface area contributed by atoms with E-state index in [1.165, 1.54) is 0 Å². The second-order valence-electron chi connectivity index (χ2n) is 6.96. The number of nitrogens with zero attached hydrogens (tertiary/aromatic N) is 2. The number of carbonyl (C=O) groups excluding carboxylic acids is 1. The highest BCUT2D eigenvalue weighted by atomic mass is 32.2. The second kappa shape index (κ2) is 9.62. The largest absolute Gasteiger partial charge is 0.441 e. The minimum atomic E-state index is -1.18. The highest BCUT2D eigenvalue weighted by molar-refractivity contribution is 7.84. The van der Waals surface area contributed by atoms with Crippen molar-refractivity contribution in [2.24, 2.45) is 0 Å². The Hall–Kier alpha value is -2.77. The average molecular weight is 412 g/mol. The molecule has 1 heterocycles. The highest BCUT2D eigenvalue weighted by Crippen LogP contribution is 2.24. The zero-order chi connectivity index (χ0) is 20.8. The fourth-order valence-corrected chi connectivity index (χ4v) is 3.87. The number of oxazole rings is 1. The molecule has 1 unspecified atom stereocenters. The minimum absolute atomic E-state index is 0.110. The number of carbonyl (C=O) groups is 1. The van der Waals surface area contributed by atoms with Crippen LogP contribution in [0.3, 0.4) is 0 Å². The maximum Gasteiger partial charge on any atom is 0.251 e. The van der Waals surface area contributed by atoms with Crippen LogP contribution in [0.5, 0.6) is 0 Å². The van der Waals surface area contributed by atoms with Gasteiger partial charge < -0.3 is 14.6 Å². The van der Waals surface area contributed by atoms with Crippen LogP contribution < -0.4 is 5.32 Å². The Labute approximate surface area is 173 Å². The summed E-state index contributed by atoms with van der Waals surface area (Å²) in [5.41, 5.74) is 2.03. The summed E-state index contributed by atoms with van der Waals surface area (Å²) in [6.07, 6.45) is 0. The molecule has 3 aromatic rings. The van der Waals surface area contributed by atoms with Gasteiger partial charge in [-0.25, -0.2) is 4.98 Å². The summed E-state index contributed by atoms with van der Waals surface area (Å²) in [6.45, 7) is 3.20. The monoisotopic (exact) mass is 411 g/mol. The van der Waals surface area contributed by atoms with Crippen molar-refractivity contribution in [1.29, 1.82) is 0 Å². The molecule has 29 heavy (non-hydrogen) atoms. The topological polar surface area (TPSA) is 75.4 Å². The van der Waals surface area contributed by atoms with Gasteiger partial charge in [-0.1, -0.05) is 18.2 Å². The van der Waals surface area contributed by atoms with Crippen molar-refractivity contribution in [2.75, 3.05) is 27.2 Å². The molecule has 152 valence electrons. The smallest absolute Gasteiger partial charge is 0.251 e. The van der Waals surface area contributed by atoms with E-state index in [1.54, 1.807) is 12.1 Å². The normalized spacial score (nSPS) is 12.1. The third-order valence-corrected chi connectivity index (χ3v) is 5.74. The molecule has 0 saturated heterocycles. The Morgan fingerprint density at radius 2 is 1.79 bits per heavy atom. The number of hydrogen-bond donors (Lipinski definition) is 1. The fraction of sp³-hybridized carbons (Fsp3) is 0.273. The molecular formula is C22H25N3O3S. The lowest BCUT2D eigenvalue weighted by Gasteiger charge is -2.10. The zero-order valence-electron chi connectivity index (χ0n) is 16.8. The summed E-state index contributed by atoms with van der Waals surface area (Å²) < 4.78 is 18.3. The van der Waals surface area contributed by atoms with Gasteiger partial charge in [0.2, 0.25) is 5.89 Å². The molecule has 0 radical (unpaired) electrons. The fourth-order valence-electron chi connectivity index (χ4n) is 2.72. The van der Waals surface area contributed by atoms with Gasteiger partial charge in [0.15, 0.2) is 0 Å². The van der Waals surface area contributed by atoms with Crippen LogP contribution in [0.25, 0.3) is 11.5 Å². The first-order valence-electron chi connectivity index (χ1n) is 9.37. The SMILES string of the molecule is Cc1oc(-c2ccc(C(=O)NCCN(C)C)cc2)nc1CS(=O)c1ccccc1. The van der Waals surface area contributed by atoms with Crippen LogP contribution in [0.2, 0.25) is 0 Å². The van der Waals surface area contributed by atoms with Gasteiger partial charge in [-0.15, -0.1) is 0 Å². The van der Waals surface area contributed by atoms with Crippen molar-refractivity contribution in [3.8, 4) is 11.5 Å². The third-order valence-electron chi connectivity index (χ3n) is 4.41. The predicted octanol–water partition coefficient (Wildman–Crippen LogP) is 3.25. The number of hydrogen-bond acceptors (Lipinski definition) is 5. The summed E-state index contributed by atoms with van der Waals surface area (Å²) in [7, 11) is 2.74. The van der Waals surface area contributed by atoms with E-state index < -0.39 is 10.8 Å². The van der Waals surface area contributed by atoms with Gasteiger partial charge in [0, 0.05) is 29.1 Å². The van der Waals surface area contributed by atoms with Gasteiger partial charge in [0.05, 0.1) is 22.2 Å². The van der Waals surface area contributed by atoms with Crippen molar-refractivity contribution < 1.29 is 13.4 Å². The van der Waals surface area contributed by atoms with E-state index in [0.717, 1.165) is 17.0 Å². The maximum atomic E-state index is 12.5. The van der Waals surface area contributed by atoms with Crippen molar-refractivity contribution in [2.45, 2.75) is 17.6 Å². The predicted molar refractivity (Wildman–Crippen MR) is 114 cm³/mol. The van der Waals surface area contributed by atoms with Gasteiger partial charge in [-0.2, -0.15) is 0 Å². The van der Waals surface area contributed by atoms with E-state index in [-0.39, 0.29) is 5.91 Å². The Bertz CT molecular complexity index is 982. The van der Waals surface area contributed by atoms with Crippen LogP contribution in [-0.2, 0) is 16.6 Å². The lowest BCUT2D eigenvalue weighted by Crippen LogP contribution is -2.31. The van der Waals surface area contributed by atoms with Crippen molar-refractivity contribution >= 4 is 16.7 Å². The van der Waals surface area contributed by atoms with E-state index >= 15 is 0 Å². The Morgan fingerprint density at radius 3 is 2.45 bits per heavy atom. The Morgan fingerprint density at radius 1 is 1.10 bits per heavy atom.